The number of aromatic nitrogens is 2. The van der Waals surface area contributed by atoms with Crippen LogP contribution in [0.2, 0.25) is 0 Å². The van der Waals surface area contributed by atoms with Gasteiger partial charge in [0.1, 0.15) is 0 Å². The van der Waals surface area contributed by atoms with Crippen molar-refractivity contribution in [3.05, 3.63) is 77.4 Å². The Kier molecular flexibility index (Phi) is 12.7. The van der Waals surface area contributed by atoms with Crippen LogP contribution < -0.4 is 19.5 Å². The van der Waals surface area contributed by atoms with Crippen LogP contribution in [0.15, 0.2) is 60.7 Å². The van der Waals surface area contributed by atoms with E-state index in [1.165, 1.54) is 33.5 Å². The number of carbonyl (C=O) groups excluding carboxylic acids is 1. The fraction of sp³-hybridized carbons (Fsp3) is 0.474. The second-order valence-electron chi connectivity index (χ2n) is 12.7. The highest BCUT2D eigenvalue weighted by molar-refractivity contribution is 5.95. The number of alkyl halides is 3. The molecule has 0 saturated carbocycles. The summed E-state index contributed by atoms with van der Waals surface area (Å²) in [5.41, 5.74) is 2.14. The van der Waals surface area contributed by atoms with Crippen LogP contribution in [0.25, 0.3) is 11.0 Å². The highest BCUT2D eigenvalue weighted by atomic mass is 19.4. The Labute approximate surface area is 297 Å². The summed E-state index contributed by atoms with van der Waals surface area (Å²) in [6, 6.07) is 16.9. The maximum absolute atomic E-state index is 13.8. The highest BCUT2D eigenvalue weighted by Gasteiger charge is 2.32. The molecule has 1 N–H and O–H groups in total. The number of para-hydroxylation sites is 2. The molecule has 1 amide bonds. The molecule has 1 saturated heterocycles. The number of hydrogen-bond donors (Lipinski definition) is 1. The molecule has 13 heteroatoms. The third-order valence-corrected chi connectivity index (χ3v) is 9.47. The van der Waals surface area contributed by atoms with E-state index in [1.54, 1.807) is 30.1 Å². The first-order valence-corrected chi connectivity index (χ1v) is 17.3. The van der Waals surface area contributed by atoms with E-state index in [9.17, 15) is 18.0 Å². The minimum atomic E-state index is -4.48. The Balaban J connectivity index is 1.27. The second kappa shape index (κ2) is 17.1. The summed E-state index contributed by atoms with van der Waals surface area (Å²) in [6.07, 6.45) is -2.12. The Morgan fingerprint density at radius 1 is 0.980 bits per heavy atom. The van der Waals surface area contributed by atoms with Crippen LogP contribution in [-0.2, 0) is 17.5 Å². The summed E-state index contributed by atoms with van der Waals surface area (Å²) in [5.74, 6) is 1.21. The number of fused-ring (bicyclic) bond motifs is 1. The van der Waals surface area contributed by atoms with Crippen molar-refractivity contribution in [3.63, 3.8) is 0 Å². The lowest BCUT2D eigenvalue weighted by molar-refractivity contribution is -0.137. The maximum Gasteiger partial charge on any atom is 0.416 e. The predicted molar refractivity (Wildman–Crippen MR) is 191 cm³/mol. The van der Waals surface area contributed by atoms with Crippen LogP contribution in [0.1, 0.15) is 53.6 Å². The van der Waals surface area contributed by atoms with Gasteiger partial charge in [-0.2, -0.15) is 13.2 Å². The second-order valence-corrected chi connectivity index (χ2v) is 12.7. The molecule has 5 rings (SSSR count). The summed E-state index contributed by atoms with van der Waals surface area (Å²) in [7, 11) is 6.08. The molecule has 0 spiro atoms. The summed E-state index contributed by atoms with van der Waals surface area (Å²) < 4.78 is 65.3. The molecule has 51 heavy (non-hydrogen) atoms. The minimum Gasteiger partial charge on any atom is -0.493 e. The number of piperidine rings is 1. The van der Waals surface area contributed by atoms with Gasteiger partial charge in [0.2, 0.25) is 11.7 Å². The third-order valence-electron chi connectivity index (χ3n) is 9.47. The number of nitrogens with zero attached hydrogens (tertiary/aromatic N) is 4. The molecule has 1 atom stereocenters. The molecule has 2 heterocycles. The van der Waals surface area contributed by atoms with E-state index in [-0.39, 0.29) is 24.4 Å². The normalized spacial score (nSPS) is 14.7. The van der Waals surface area contributed by atoms with Gasteiger partial charge in [0, 0.05) is 57.4 Å². The first kappa shape index (κ1) is 37.8. The molecule has 0 bridgehead atoms. The Bertz CT molecular complexity index is 1730. The number of carbonyl (C=O) groups is 1. The van der Waals surface area contributed by atoms with Gasteiger partial charge in [-0.15, -0.1) is 0 Å². The number of anilines is 1. The molecule has 1 fully saturated rings. The Hall–Kier alpha value is -4.49. The number of rotatable bonds is 16. The molecule has 1 aliphatic rings. The maximum atomic E-state index is 13.8. The zero-order chi connectivity index (χ0) is 36.5. The Morgan fingerprint density at radius 3 is 2.33 bits per heavy atom. The van der Waals surface area contributed by atoms with Crippen LogP contribution in [0, 0.1) is 0 Å². The van der Waals surface area contributed by atoms with E-state index in [2.05, 4.69) is 20.9 Å². The van der Waals surface area contributed by atoms with Crippen molar-refractivity contribution in [1.29, 1.82) is 0 Å². The molecular weight excluding hydrogens is 663 g/mol. The number of hydrogen-bond acceptors (Lipinski definition) is 8. The number of likely N-dealkylation sites (tertiary alicyclic amines) is 1. The number of halogens is 3. The summed E-state index contributed by atoms with van der Waals surface area (Å²) in [6.45, 7) is 6.47. The lowest BCUT2D eigenvalue weighted by Gasteiger charge is -2.34. The van der Waals surface area contributed by atoms with E-state index in [1.807, 2.05) is 25.1 Å². The summed E-state index contributed by atoms with van der Waals surface area (Å²) in [5, 5.41) is 3.67. The quantitative estimate of drug-likeness (QED) is 0.125. The van der Waals surface area contributed by atoms with Gasteiger partial charge in [0.25, 0.3) is 5.91 Å². The van der Waals surface area contributed by atoms with Gasteiger partial charge in [-0.05, 0) is 68.6 Å². The number of imidazole rings is 1. The van der Waals surface area contributed by atoms with Crippen molar-refractivity contribution in [2.75, 3.05) is 73.1 Å². The molecule has 0 aliphatic carbocycles. The molecule has 3 aromatic carbocycles. The van der Waals surface area contributed by atoms with E-state index in [0.717, 1.165) is 49.0 Å². The monoisotopic (exact) mass is 711 g/mol. The lowest BCUT2D eigenvalue weighted by atomic mass is 9.92. The number of nitrogens with one attached hydrogen (secondary N) is 1. The number of amides is 1. The lowest BCUT2D eigenvalue weighted by Crippen LogP contribution is -2.40. The first-order valence-electron chi connectivity index (χ1n) is 17.3. The average molecular weight is 712 g/mol. The van der Waals surface area contributed by atoms with E-state index < -0.39 is 11.7 Å². The van der Waals surface area contributed by atoms with Gasteiger partial charge in [0.15, 0.2) is 11.5 Å². The zero-order valence-electron chi connectivity index (χ0n) is 30.0. The Morgan fingerprint density at radius 2 is 1.69 bits per heavy atom. The topological polar surface area (TPSA) is 90.3 Å². The van der Waals surface area contributed by atoms with E-state index >= 15 is 0 Å². The zero-order valence-corrected chi connectivity index (χ0v) is 30.0. The molecule has 1 aliphatic heterocycles. The van der Waals surface area contributed by atoms with Crippen molar-refractivity contribution in [2.45, 2.75) is 50.9 Å². The molecule has 1 unspecified atom stereocenters. The standard InChI is InChI=1S/C38H48F3N5O5/c1-6-51-21-20-46-32-13-8-7-12-31(32)43-37(46)42-30-15-18-45(19-16-30)17-14-27(26-10-9-11-29(22-26)38(39,40)41)25-44(2)36(47)28-23-33(48-3)35(50-5)34(24-28)49-4/h7-13,22-24,27,30H,6,14-21,25H2,1-5H3,(H,42,43). The molecule has 276 valence electrons. The van der Waals surface area contributed by atoms with Crippen molar-refractivity contribution in [2.24, 2.45) is 0 Å². The van der Waals surface area contributed by atoms with Crippen LogP contribution in [0.4, 0.5) is 19.1 Å². The van der Waals surface area contributed by atoms with Gasteiger partial charge >= 0.3 is 6.18 Å². The fourth-order valence-corrected chi connectivity index (χ4v) is 6.70. The van der Waals surface area contributed by atoms with Crippen LogP contribution in [0.5, 0.6) is 17.2 Å². The average Bonchev–Trinajstić information content (AvgIpc) is 3.49. The predicted octanol–water partition coefficient (Wildman–Crippen LogP) is 6.94. The highest BCUT2D eigenvalue weighted by Crippen LogP contribution is 2.39. The number of benzene rings is 3. The van der Waals surface area contributed by atoms with Gasteiger partial charge in [-0.25, -0.2) is 4.98 Å². The van der Waals surface area contributed by atoms with Gasteiger partial charge < -0.3 is 38.6 Å². The van der Waals surface area contributed by atoms with Crippen LogP contribution in [0.3, 0.4) is 0 Å². The fourth-order valence-electron chi connectivity index (χ4n) is 6.70. The molecule has 10 nitrogen and oxygen atoms in total. The van der Waals surface area contributed by atoms with Crippen LogP contribution >= 0.6 is 0 Å². The largest absolute Gasteiger partial charge is 0.493 e. The van der Waals surface area contributed by atoms with Gasteiger partial charge in [0.05, 0.1) is 44.5 Å². The van der Waals surface area contributed by atoms with Gasteiger partial charge in [-0.1, -0.05) is 30.3 Å². The third kappa shape index (κ3) is 9.25. The number of methoxy groups -OCH3 is 3. The van der Waals surface area contributed by atoms with Crippen molar-refractivity contribution in [3.8, 4) is 17.2 Å². The summed E-state index contributed by atoms with van der Waals surface area (Å²) >= 11 is 0. The summed E-state index contributed by atoms with van der Waals surface area (Å²) in [4.78, 5) is 22.4. The van der Waals surface area contributed by atoms with Crippen molar-refractivity contribution >= 4 is 22.9 Å². The van der Waals surface area contributed by atoms with E-state index in [0.29, 0.717) is 61.1 Å². The van der Waals surface area contributed by atoms with E-state index in [4.69, 9.17) is 23.9 Å². The van der Waals surface area contributed by atoms with Gasteiger partial charge in [-0.3, -0.25) is 4.79 Å². The number of ether oxygens (including phenoxy) is 4. The first-order chi connectivity index (χ1) is 24.6. The van der Waals surface area contributed by atoms with Crippen LogP contribution in [-0.4, -0.2) is 99.1 Å². The number of likely N-dealkylation sites (N-methyl/N-ethyl adjacent to an activating group) is 1. The SMILES string of the molecule is CCOCCn1c(NC2CCN(CCC(CN(C)C(=O)c3cc(OC)c(OC)c(OC)c3)c3cccc(C(F)(F)F)c3)CC2)nc2ccccc21. The van der Waals surface area contributed by atoms with Crippen molar-refractivity contribution < 1.29 is 36.9 Å². The molecule has 0 radical (unpaired) electrons. The molecule has 4 aromatic rings. The smallest absolute Gasteiger partial charge is 0.416 e. The molecule has 1 aromatic heterocycles. The molecular formula is C38H48F3N5O5. The van der Waals surface area contributed by atoms with Crippen molar-refractivity contribution in [1.82, 2.24) is 19.4 Å². The minimum absolute atomic E-state index is 0.215.